The molecule has 0 unspecified atom stereocenters. The summed E-state index contributed by atoms with van der Waals surface area (Å²) < 4.78 is 0. The zero-order valence-corrected chi connectivity index (χ0v) is 41.3. The summed E-state index contributed by atoms with van der Waals surface area (Å²) in [5.41, 5.74) is 6.47. The number of amides is 9. The van der Waals surface area contributed by atoms with Crippen LogP contribution >= 0.6 is 0 Å². The molecule has 0 fully saturated rings. The van der Waals surface area contributed by atoms with Gasteiger partial charge in [-0.05, 0) is 52.0 Å². The first-order valence-corrected chi connectivity index (χ1v) is 23.0. The van der Waals surface area contributed by atoms with E-state index in [-0.39, 0.29) is 6.42 Å². The predicted molar refractivity (Wildman–Crippen MR) is 252 cm³/mol. The van der Waals surface area contributed by atoms with Crippen molar-refractivity contribution in [3.63, 3.8) is 0 Å². The minimum atomic E-state index is -1.93. The highest BCUT2D eigenvalue weighted by Crippen LogP contribution is 2.12. The number of rotatable bonds is 30. The molecule has 0 saturated carbocycles. The van der Waals surface area contributed by atoms with Crippen molar-refractivity contribution in [3.05, 3.63) is 35.9 Å². The van der Waals surface area contributed by atoms with Gasteiger partial charge in [0.2, 0.25) is 53.2 Å². The van der Waals surface area contributed by atoms with Crippen molar-refractivity contribution in [1.82, 2.24) is 47.9 Å². The highest BCUT2D eigenvalue weighted by Gasteiger charge is 2.37. The van der Waals surface area contributed by atoms with Crippen molar-refractivity contribution in [2.24, 2.45) is 17.6 Å². The molecule has 0 radical (unpaired) electrons. The molecule has 26 nitrogen and oxygen atoms in total. The molecule has 0 aliphatic carbocycles. The average Bonchev–Trinajstić information content (AvgIpc) is 3.30. The first-order valence-electron chi connectivity index (χ1n) is 23.0. The van der Waals surface area contributed by atoms with Gasteiger partial charge in [0.1, 0.15) is 48.3 Å². The second-order valence-corrected chi connectivity index (χ2v) is 17.4. The molecule has 0 saturated heterocycles. The number of benzene rings is 1. The van der Waals surface area contributed by atoms with Crippen LogP contribution in [0, 0.1) is 11.8 Å². The summed E-state index contributed by atoms with van der Waals surface area (Å²) in [6.45, 7) is 12.1. The SMILES string of the molecule is CC[C@H](C)[C@H](NC(=O)[C@H](C)NC(=O)CNC(=O)[C@@H](NC(=O)[C@H](Cc1ccccc1)NC(=O)[C@@H](N)[C@@H](C)O)[C@@H](C)CC)C(=O)N[C@@H](C)C(=O)N[C@H](C(=O)N[C@@H](CC(=O)O)C(=O)N[C@H](C(=O)O)[C@@H](C)O)[C@@H](C)O. The van der Waals surface area contributed by atoms with Crippen molar-refractivity contribution >= 4 is 65.1 Å². The van der Waals surface area contributed by atoms with Crippen molar-refractivity contribution in [2.45, 2.75) is 161 Å². The van der Waals surface area contributed by atoms with E-state index >= 15 is 0 Å². The molecule has 71 heavy (non-hydrogen) atoms. The molecule has 0 spiro atoms. The minimum Gasteiger partial charge on any atom is -0.481 e. The summed E-state index contributed by atoms with van der Waals surface area (Å²) in [7, 11) is 0. The van der Waals surface area contributed by atoms with E-state index in [1.165, 1.54) is 20.8 Å². The van der Waals surface area contributed by atoms with E-state index in [1.807, 2.05) is 10.6 Å². The van der Waals surface area contributed by atoms with Crippen LogP contribution < -0.4 is 53.6 Å². The van der Waals surface area contributed by atoms with E-state index in [0.29, 0.717) is 18.4 Å². The lowest BCUT2D eigenvalue weighted by Gasteiger charge is -2.28. The first-order chi connectivity index (χ1) is 33.1. The predicted octanol–water partition coefficient (Wildman–Crippen LogP) is -4.62. The lowest BCUT2D eigenvalue weighted by molar-refractivity contribution is -0.146. The Bertz CT molecular complexity index is 2020. The van der Waals surface area contributed by atoms with E-state index in [4.69, 9.17) is 5.73 Å². The smallest absolute Gasteiger partial charge is 0.328 e. The minimum absolute atomic E-state index is 0.0118. The van der Waals surface area contributed by atoms with Crippen LogP contribution in [0.5, 0.6) is 0 Å². The number of aliphatic hydroxyl groups is 3. The van der Waals surface area contributed by atoms with Gasteiger partial charge in [0.15, 0.2) is 6.04 Å². The second-order valence-electron chi connectivity index (χ2n) is 17.4. The van der Waals surface area contributed by atoms with Crippen LogP contribution in [-0.4, -0.2) is 170 Å². The third kappa shape index (κ3) is 21.0. The summed E-state index contributed by atoms with van der Waals surface area (Å²) in [5.74, 6) is -12.8. The van der Waals surface area contributed by atoms with Crippen LogP contribution in [0.1, 0.15) is 87.1 Å². The molecule has 1 aromatic carbocycles. The molecule has 26 heteroatoms. The van der Waals surface area contributed by atoms with Gasteiger partial charge in [-0.3, -0.25) is 47.9 Å². The van der Waals surface area contributed by atoms with Crippen molar-refractivity contribution in [1.29, 1.82) is 0 Å². The van der Waals surface area contributed by atoms with E-state index < -0.39 is 163 Å². The summed E-state index contributed by atoms with van der Waals surface area (Å²) in [6.07, 6.45) is -4.85. The zero-order valence-electron chi connectivity index (χ0n) is 41.3. The van der Waals surface area contributed by atoms with Gasteiger partial charge < -0.3 is 79.1 Å². The summed E-state index contributed by atoms with van der Waals surface area (Å²) in [4.78, 5) is 142. The van der Waals surface area contributed by atoms with Gasteiger partial charge in [-0.15, -0.1) is 0 Å². The number of carboxylic acids is 2. The Labute approximate surface area is 411 Å². The number of aliphatic hydroxyl groups excluding tert-OH is 3. The Kier molecular flexibility index (Phi) is 26.4. The van der Waals surface area contributed by atoms with Crippen LogP contribution in [-0.2, 0) is 59.2 Å². The first kappa shape index (κ1) is 62.2. The van der Waals surface area contributed by atoms with Crippen molar-refractivity contribution < 1.29 is 78.3 Å². The summed E-state index contributed by atoms with van der Waals surface area (Å²) >= 11 is 0. The van der Waals surface area contributed by atoms with Crippen LogP contribution in [0.15, 0.2) is 30.3 Å². The van der Waals surface area contributed by atoms with Crippen molar-refractivity contribution in [3.8, 4) is 0 Å². The lowest BCUT2D eigenvalue weighted by atomic mass is 9.97. The number of nitrogens with one attached hydrogen (secondary N) is 9. The molecule has 16 N–H and O–H groups in total. The maximum absolute atomic E-state index is 13.6. The number of hydrogen-bond donors (Lipinski definition) is 15. The van der Waals surface area contributed by atoms with Gasteiger partial charge in [0.25, 0.3) is 0 Å². The van der Waals surface area contributed by atoms with Crippen LogP contribution in [0.25, 0.3) is 0 Å². The Morgan fingerprint density at radius 1 is 0.493 bits per heavy atom. The molecular weight excluding hydrogens is 937 g/mol. The third-order valence-corrected chi connectivity index (χ3v) is 11.4. The summed E-state index contributed by atoms with van der Waals surface area (Å²) in [6, 6.07) is -4.77. The van der Waals surface area contributed by atoms with E-state index in [2.05, 4.69) is 37.2 Å². The van der Waals surface area contributed by atoms with Gasteiger partial charge in [0.05, 0.1) is 31.3 Å². The molecular formula is C45H72N10O16. The quantitative estimate of drug-likeness (QED) is 0.0345. The Balaban J connectivity index is 3.04. The summed E-state index contributed by atoms with van der Waals surface area (Å²) in [5, 5.41) is 69.6. The fourth-order valence-electron chi connectivity index (χ4n) is 6.46. The van der Waals surface area contributed by atoms with Crippen LogP contribution in [0.4, 0.5) is 0 Å². The normalized spacial score (nSPS) is 17.0. The zero-order chi connectivity index (χ0) is 54.4. The Morgan fingerprint density at radius 2 is 0.930 bits per heavy atom. The van der Waals surface area contributed by atoms with Gasteiger partial charge in [-0.1, -0.05) is 70.9 Å². The molecule has 398 valence electrons. The number of carboxylic acid groups (broad SMARTS) is 2. The average molecular weight is 1010 g/mol. The maximum atomic E-state index is 13.6. The van der Waals surface area contributed by atoms with Gasteiger partial charge in [-0.2, -0.15) is 0 Å². The van der Waals surface area contributed by atoms with Gasteiger partial charge >= 0.3 is 11.9 Å². The maximum Gasteiger partial charge on any atom is 0.328 e. The van der Waals surface area contributed by atoms with Gasteiger partial charge in [0, 0.05) is 6.42 Å². The monoisotopic (exact) mass is 1010 g/mol. The number of hydrogen-bond acceptors (Lipinski definition) is 15. The highest BCUT2D eigenvalue weighted by atomic mass is 16.4. The third-order valence-electron chi connectivity index (χ3n) is 11.4. The second kappa shape index (κ2) is 30.1. The Morgan fingerprint density at radius 3 is 1.41 bits per heavy atom. The number of carbonyl (C=O) groups is 11. The molecule has 9 amide bonds. The molecule has 1 aromatic rings. The molecule has 0 aliphatic heterocycles. The van der Waals surface area contributed by atoms with E-state index in [9.17, 15) is 78.3 Å². The van der Waals surface area contributed by atoms with Crippen LogP contribution in [0.3, 0.4) is 0 Å². The van der Waals surface area contributed by atoms with E-state index in [0.717, 1.165) is 13.8 Å². The largest absolute Gasteiger partial charge is 0.481 e. The van der Waals surface area contributed by atoms with E-state index in [1.54, 1.807) is 58.0 Å². The van der Waals surface area contributed by atoms with Crippen LogP contribution in [0.2, 0.25) is 0 Å². The molecule has 1 rings (SSSR count). The fourth-order valence-corrected chi connectivity index (χ4v) is 6.46. The molecule has 0 aromatic heterocycles. The van der Waals surface area contributed by atoms with Crippen molar-refractivity contribution in [2.75, 3.05) is 6.54 Å². The molecule has 0 heterocycles. The van der Waals surface area contributed by atoms with Gasteiger partial charge in [-0.25, -0.2) is 4.79 Å². The molecule has 0 aliphatic rings. The highest BCUT2D eigenvalue weighted by molar-refractivity contribution is 5.98. The topological polar surface area (TPSA) is 423 Å². The Hall–Kier alpha value is -6.77. The number of carbonyl (C=O) groups excluding carboxylic acids is 9. The fraction of sp³-hybridized carbons (Fsp3) is 0.622. The standard InChI is InChI=1S/C45H72N10O16/c1-10-20(3)33(53-39(64)28(17-27-15-13-12-14-16-27)50-41(66)32(46)24(7)56)42(67)47-19-30(59)48-22(5)37(62)52-34(21(4)11-2)43(68)49-23(6)38(63)54-35(25(8)57)44(69)51-29(18-31(60)61)40(65)55-36(26(9)58)45(70)71/h12-16,20-26,28-29,32-36,56-58H,10-11,17-19,46H2,1-9H3,(H,47,67)(H,48,59)(H,49,68)(H,50,66)(H,51,69)(H,52,62)(H,53,64)(H,54,63)(H,55,65)(H,60,61)(H,70,71)/t20-,21-,22-,23-,24+,25+,26+,28-,29-,32-,33-,34-,35-,36-/m0/s1. The number of nitrogens with two attached hydrogens (primary N) is 1. The number of aliphatic carboxylic acids is 2. The lowest BCUT2D eigenvalue weighted by Crippen LogP contribution is -2.62. The molecule has 14 atom stereocenters. The molecule has 0 bridgehead atoms.